The molecule has 0 spiro atoms. The standard InChI is InChI=1S/C19H17N5O3S/c20-19(25)12-1-3-15(16(9-12)24(26)27)22-14-2-4-18(21-10-14)23-7-5-17-13(11-23)6-8-28-17/h1-4,6,8-10,22H,5,7,11H2,(H2,20,25). The predicted molar refractivity (Wildman–Crippen MR) is 108 cm³/mol. The third-order valence-electron chi connectivity index (χ3n) is 4.64. The first-order valence-electron chi connectivity index (χ1n) is 8.63. The lowest BCUT2D eigenvalue weighted by Crippen LogP contribution is -2.29. The van der Waals surface area contributed by atoms with Crippen molar-refractivity contribution in [3.8, 4) is 0 Å². The quantitative estimate of drug-likeness (QED) is 0.505. The van der Waals surface area contributed by atoms with E-state index in [0.717, 1.165) is 25.3 Å². The van der Waals surface area contributed by atoms with Crippen molar-refractivity contribution < 1.29 is 9.72 Å². The molecule has 0 fully saturated rings. The van der Waals surface area contributed by atoms with E-state index in [-0.39, 0.29) is 16.9 Å². The van der Waals surface area contributed by atoms with Crippen molar-refractivity contribution in [2.75, 3.05) is 16.8 Å². The van der Waals surface area contributed by atoms with E-state index in [1.54, 1.807) is 17.5 Å². The molecular formula is C19H17N5O3S. The molecule has 0 unspecified atom stereocenters. The molecule has 0 aliphatic carbocycles. The van der Waals surface area contributed by atoms with Crippen LogP contribution in [0.2, 0.25) is 0 Å². The number of anilines is 3. The summed E-state index contributed by atoms with van der Waals surface area (Å²) in [7, 11) is 0. The van der Waals surface area contributed by atoms with Gasteiger partial charge in [-0.15, -0.1) is 11.3 Å². The summed E-state index contributed by atoms with van der Waals surface area (Å²) in [5.41, 5.74) is 7.29. The summed E-state index contributed by atoms with van der Waals surface area (Å²) in [6.45, 7) is 1.74. The number of carbonyl (C=O) groups is 1. The summed E-state index contributed by atoms with van der Waals surface area (Å²) in [6.07, 6.45) is 2.65. The van der Waals surface area contributed by atoms with Gasteiger partial charge in [0.1, 0.15) is 11.5 Å². The summed E-state index contributed by atoms with van der Waals surface area (Å²) in [5.74, 6) is 0.150. The van der Waals surface area contributed by atoms with Gasteiger partial charge in [0.25, 0.3) is 5.69 Å². The normalized spacial score (nSPS) is 13.1. The molecule has 0 radical (unpaired) electrons. The minimum atomic E-state index is -0.712. The highest BCUT2D eigenvalue weighted by atomic mass is 32.1. The fourth-order valence-corrected chi connectivity index (χ4v) is 4.08. The molecule has 3 heterocycles. The fraction of sp³-hybridized carbons (Fsp3) is 0.158. The van der Waals surface area contributed by atoms with E-state index in [4.69, 9.17) is 5.73 Å². The number of nitro groups is 1. The number of nitro benzene ring substituents is 1. The number of carbonyl (C=O) groups excluding carboxylic acids is 1. The molecular weight excluding hydrogens is 378 g/mol. The van der Waals surface area contributed by atoms with Crippen LogP contribution in [0.25, 0.3) is 0 Å². The highest BCUT2D eigenvalue weighted by Gasteiger charge is 2.19. The lowest BCUT2D eigenvalue weighted by atomic mass is 10.1. The SMILES string of the molecule is NC(=O)c1ccc(Nc2ccc(N3CCc4sccc4C3)nc2)c([N+](=O)[O-])c1. The first-order chi connectivity index (χ1) is 13.5. The van der Waals surface area contributed by atoms with Gasteiger partial charge in [-0.1, -0.05) is 0 Å². The van der Waals surface area contributed by atoms with E-state index in [9.17, 15) is 14.9 Å². The van der Waals surface area contributed by atoms with Crippen LogP contribution < -0.4 is 16.0 Å². The van der Waals surface area contributed by atoms with Crippen LogP contribution in [0.15, 0.2) is 48.0 Å². The highest BCUT2D eigenvalue weighted by molar-refractivity contribution is 7.10. The van der Waals surface area contributed by atoms with Crippen LogP contribution in [0.5, 0.6) is 0 Å². The molecule has 1 aliphatic heterocycles. The van der Waals surface area contributed by atoms with Crippen molar-refractivity contribution in [1.29, 1.82) is 0 Å². The first-order valence-corrected chi connectivity index (χ1v) is 9.51. The lowest BCUT2D eigenvalue weighted by molar-refractivity contribution is -0.383. The monoisotopic (exact) mass is 395 g/mol. The zero-order valence-electron chi connectivity index (χ0n) is 14.8. The molecule has 8 nitrogen and oxygen atoms in total. The van der Waals surface area contributed by atoms with Gasteiger partial charge >= 0.3 is 0 Å². The second-order valence-corrected chi connectivity index (χ2v) is 7.42. The van der Waals surface area contributed by atoms with Crippen molar-refractivity contribution in [3.63, 3.8) is 0 Å². The number of amides is 1. The Labute approximate surface area is 164 Å². The Balaban J connectivity index is 1.52. The lowest BCUT2D eigenvalue weighted by Gasteiger charge is -2.28. The Hall–Kier alpha value is -3.46. The van der Waals surface area contributed by atoms with Crippen molar-refractivity contribution in [2.24, 2.45) is 5.73 Å². The largest absolute Gasteiger partial charge is 0.366 e. The van der Waals surface area contributed by atoms with Crippen molar-refractivity contribution in [3.05, 3.63) is 74.1 Å². The average Bonchev–Trinajstić information content (AvgIpc) is 3.16. The first kappa shape index (κ1) is 17.9. The Bertz CT molecular complexity index is 1050. The van der Waals surface area contributed by atoms with Gasteiger partial charge in [0, 0.05) is 29.6 Å². The number of thiophene rings is 1. The molecule has 0 saturated heterocycles. The van der Waals surface area contributed by atoms with E-state index in [0.29, 0.717) is 5.69 Å². The van der Waals surface area contributed by atoms with E-state index >= 15 is 0 Å². The maximum absolute atomic E-state index is 11.3. The van der Waals surface area contributed by atoms with Crippen molar-refractivity contribution in [2.45, 2.75) is 13.0 Å². The number of nitrogens with two attached hydrogens (primary N) is 1. The van der Waals surface area contributed by atoms with Gasteiger partial charge in [-0.05, 0) is 47.7 Å². The summed E-state index contributed by atoms with van der Waals surface area (Å²) in [4.78, 5) is 30.2. The molecule has 9 heteroatoms. The molecule has 4 rings (SSSR count). The smallest absolute Gasteiger partial charge is 0.293 e. The van der Waals surface area contributed by atoms with Gasteiger partial charge in [-0.3, -0.25) is 14.9 Å². The molecule has 1 aliphatic rings. The van der Waals surface area contributed by atoms with Gasteiger partial charge in [0.05, 0.1) is 16.8 Å². The predicted octanol–water partition coefficient (Wildman–Crippen LogP) is 3.46. The number of nitrogens with one attached hydrogen (secondary N) is 1. The van der Waals surface area contributed by atoms with Gasteiger partial charge in [-0.25, -0.2) is 4.98 Å². The highest BCUT2D eigenvalue weighted by Crippen LogP contribution is 2.30. The molecule has 3 N–H and O–H groups in total. The molecule has 0 bridgehead atoms. The molecule has 28 heavy (non-hydrogen) atoms. The van der Waals surface area contributed by atoms with Gasteiger partial charge in [0.15, 0.2) is 0 Å². The Morgan fingerprint density at radius 3 is 2.86 bits per heavy atom. The maximum Gasteiger partial charge on any atom is 0.293 e. The molecule has 142 valence electrons. The maximum atomic E-state index is 11.3. The Kier molecular flexibility index (Phi) is 4.66. The zero-order chi connectivity index (χ0) is 19.7. The Morgan fingerprint density at radius 2 is 2.14 bits per heavy atom. The molecule has 2 aromatic heterocycles. The van der Waals surface area contributed by atoms with Gasteiger partial charge in [-0.2, -0.15) is 0 Å². The van der Waals surface area contributed by atoms with Gasteiger partial charge in [0.2, 0.25) is 5.91 Å². The van der Waals surface area contributed by atoms with E-state index in [1.807, 2.05) is 12.1 Å². The number of fused-ring (bicyclic) bond motifs is 1. The number of primary amides is 1. The second kappa shape index (κ2) is 7.28. The molecule has 1 amide bonds. The van der Waals surface area contributed by atoms with Crippen LogP contribution in [0.3, 0.4) is 0 Å². The summed E-state index contributed by atoms with van der Waals surface area (Å²) in [6, 6.07) is 9.95. The number of hydrogen-bond donors (Lipinski definition) is 2. The number of hydrogen-bond acceptors (Lipinski definition) is 7. The number of rotatable bonds is 5. The minimum absolute atomic E-state index is 0.0867. The third kappa shape index (κ3) is 3.52. The van der Waals surface area contributed by atoms with Crippen LogP contribution in [-0.2, 0) is 13.0 Å². The van der Waals surface area contributed by atoms with Gasteiger partial charge < -0.3 is 16.0 Å². The average molecular weight is 395 g/mol. The topological polar surface area (TPSA) is 114 Å². The number of aromatic nitrogens is 1. The number of nitrogens with zero attached hydrogens (tertiary/aromatic N) is 3. The van der Waals surface area contributed by atoms with Crippen LogP contribution in [0, 0.1) is 10.1 Å². The number of benzene rings is 1. The molecule has 1 aromatic carbocycles. The van der Waals surface area contributed by atoms with Crippen LogP contribution in [-0.4, -0.2) is 22.4 Å². The second-order valence-electron chi connectivity index (χ2n) is 6.42. The van der Waals surface area contributed by atoms with E-state index in [1.165, 1.54) is 28.6 Å². The number of pyridine rings is 1. The summed E-state index contributed by atoms with van der Waals surface area (Å²) in [5, 5.41) is 16.4. The fourth-order valence-electron chi connectivity index (χ4n) is 3.19. The molecule has 3 aromatic rings. The summed E-state index contributed by atoms with van der Waals surface area (Å²) >= 11 is 1.79. The van der Waals surface area contributed by atoms with E-state index in [2.05, 4.69) is 26.6 Å². The van der Waals surface area contributed by atoms with Crippen LogP contribution >= 0.6 is 11.3 Å². The zero-order valence-corrected chi connectivity index (χ0v) is 15.6. The molecule has 0 saturated carbocycles. The van der Waals surface area contributed by atoms with E-state index < -0.39 is 10.8 Å². The summed E-state index contributed by atoms with van der Waals surface area (Å²) < 4.78 is 0. The minimum Gasteiger partial charge on any atom is -0.366 e. The van der Waals surface area contributed by atoms with Crippen molar-refractivity contribution in [1.82, 2.24) is 4.98 Å². The molecule has 0 atom stereocenters. The Morgan fingerprint density at radius 1 is 1.29 bits per heavy atom. The van der Waals surface area contributed by atoms with Crippen LogP contribution in [0.1, 0.15) is 20.8 Å². The van der Waals surface area contributed by atoms with Crippen molar-refractivity contribution >= 4 is 40.1 Å². The van der Waals surface area contributed by atoms with Crippen LogP contribution in [0.4, 0.5) is 22.9 Å². The third-order valence-corrected chi connectivity index (χ3v) is 5.66.